The van der Waals surface area contributed by atoms with Gasteiger partial charge in [0.05, 0.1) is 0 Å². The molecule has 1 aromatic carbocycles. The number of aryl methyl sites for hydroxylation is 2. The maximum atomic E-state index is 11.2. The summed E-state index contributed by atoms with van der Waals surface area (Å²) in [5.41, 5.74) is 9.76. The highest BCUT2D eigenvalue weighted by Gasteiger charge is 2.18. The van der Waals surface area contributed by atoms with Crippen molar-refractivity contribution >= 4 is 22.3 Å². The molecule has 3 nitrogen and oxygen atoms in total. The third-order valence-corrected chi connectivity index (χ3v) is 3.52. The van der Waals surface area contributed by atoms with Crippen LogP contribution in [0.4, 0.5) is 5.00 Å². The number of rotatable bonds is 2. The summed E-state index contributed by atoms with van der Waals surface area (Å²) in [6.45, 7) is 3.98. The Labute approximate surface area is 104 Å². The molecule has 0 atom stereocenters. The van der Waals surface area contributed by atoms with Crippen molar-refractivity contribution in [3.8, 4) is 11.1 Å². The quantitative estimate of drug-likeness (QED) is 0.855. The molecular formula is C13H13NO2S. The summed E-state index contributed by atoms with van der Waals surface area (Å²) < 4.78 is 0. The number of hydrogen-bond donors (Lipinski definition) is 2. The number of anilines is 1. The Kier molecular flexibility index (Phi) is 2.90. The SMILES string of the molecule is Cc1ccc(-c2csc(N)c2C(=O)O)c(C)c1. The van der Waals surface area contributed by atoms with Crippen LogP contribution in [0.15, 0.2) is 23.6 Å². The van der Waals surface area contributed by atoms with Crippen LogP contribution in [0.3, 0.4) is 0 Å². The Bertz CT molecular complexity index is 587. The molecule has 0 unspecified atom stereocenters. The second kappa shape index (κ2) is 4.22. The van der Waals surface area contributed by atoms with E-state index in [2.05, 4.69) is 0 Å². The zero-order valence-corrected chi connectivity index (χ0v) is 10.5. The number of carboxylic acids is 1. The number of carboxylic acid groups (broad SMARTS) is 1. The first-order valence-electron chi connectivity index (χ1n) is 5.18. The van der Waals surface area contributed by atoms with Crippen LogP contribution in [0, 0.1) is 13.8 Å². The van der Waals surface area contributed by atoms with Crippen molar-refractivity contribution < 1.29 is 9.90 Å². The topological polar surface area (TPSA) is 63.3 Å². The highest BCUT2D eigenvalue weighted by atomic mass is 32.1. The first-order chi connectivity index (χ1) is 8.00. The van der Waals surface area contributed by atoms with Gasteiger partial charge in [0.2, 0.25) is 0 Å². The fourth-order valence-electron chi connectivity index (χ4n) is 1.91. The fourth-order valence-corrected chi connectivity index (χ4v) is 2.71. The minimum absolute atomic E-state index is 0.210. The van der Waals surface area contributed by atoms with E-state index in [9.17, 15) is 4.79 Å². The molecule has 2 aromatic rings. The summed E-state index contributed by atoms with van der Waals surface area (Å²) in [7, 11) is 0. The maximum absolute atomic E-state index is 11.2. The molecule has 0 saturated heterocycles. The zero-order chi connectivity index (χ0) is 12.6. The molecule has 4 heteroatoms. The third kappa shape index (κ3) is 2.03. The van der Waals surface area contributed by atoms with Gasteiger partial charge in [-0.25, -0.2) is 4.79 Å². The van der Waals surface area contributed by atoms with Crippen molar-refractivity contribution in [1.29, 1.82) is 0 Å². The van der Waals surface area contributed by atoms with Crippen LogP contribution in [-0.4, -0.2) is 11.1 Å². The second-order valence-corrected chi connectivity index (χ2v) is 4.92. The number of nitrogen functional groups attached to an aromatic ring is 1. The summed E-state index contributed by atoms with van der Waals surface area (Å²) in [4.78, 5) is 11.2. The number of nitrogens with two attached hydrogens (primary N) is 1. The molecular weight excluding hydrogens is 234 g/mol. The molecule has 3 N–H and O–H groups in total. The van der Waals surface area contributed by atoms with Gasteiger partial charge in [-0.15, -0.1) is 11.3 Å². The van der Waals surface area contributed by atoms with Gasteiger partial charge >= 0.3 is 5.97 Å². The highest BCUT2D eigenvalue weighted by molar-refractivity contribution is 7.14. The highest BCUT2D eigenvalue weighted by Crippen LogP contribution is 2.35. The number of thiophene rings is 1. The molecule has 1 aromatic heterocycles. The largest absolute Gasteiger partial charge is 0.478 e. The smallest absolute Gasteiger partial charge is 0.339 e. The molecule has 88 valence electrons. The predicted octanol–water partition coefficient (Wildman–Crippen LogP) is 3.31. The monoisotopic (exact) mass is 247 g/mol. The zero-order valence-electron chi connectivity index (χ0n) is 9.65. The Hall–Kier alpha value is -1.81. The average Bonchev–Trinajstić information content (AvgIpc) is 2.60. The lowest BCUT2D eigenvalue weighted by Crippen LogP contribution is -2.01. The van der Waals surface area contributed by atoms with Gasteiger partial charge in [0.15, 0.2) is 0 Å². The van der Waals surface area contributed by atoms with Crippen molar-refractivity contribution in [3.63, 3.8) is 0 Å². The molecule has 0 aliphatic carbocycles. The molecule has 0 spiro atoms. The Morgan fingerprint density at radius 3 is 2.59 bits per heavy atom. The van der Waals surface area contributed by atoms with Gasteiger partial charge in [-0.05, 0) is 25.0 Å². The first kappa shape index (κ1) is 11.7. The molecule has 0 amide bonds. The molecule has 0 fully saturated rings. The standard InChI is InChI=1S/C13H13NO2S/c1-7-3-4-9(8(2)5-7)10-6-17-12(14)11(10)13(15)16/h3-6H,14H2,1-2H3,(H,15,16). The van der Waals surface area contributed by atoms with Crippen LogP contribution >= 0.6 is 11.3 Å². The van der Waals surface area contributed by atoms with Crippen LogP contribution < -0.4 is 5.73 Å². The van der Waals surface area contributed by atoms with E-state index in [4.69, 9.17) is 10.8 Å². The number of hydrogen-bond acceptors (Lipinski definition) is 3. The van der Waals surface area contributed by atoms with Gasteiger partial charge in [0.1, 0.15) is 10.6 Å². The fraction of sp³-hybridized carbons (Fsp3) is 0.154. The molecule has 0 aliphatic heterocycles. The maximum Gasteiger partial charge on any atom is 0.339 e. The van der Waals surface area contributed by atoms with E-state index in [0.29, 0.717) is 10.6 Å². The summed E-state index contributed by atoms with van der Waals surface area (Å²) in [5.74, 6) is -0.973. The predicted molar refractivity (Wildman–Crippen MR) is 70.6 cm³/mol. The van der Waals surface area contributed by atoms with E-state index >= 15 is 0 Å². The van der Waals surface area contributed by atoms with E-state index in [1.54, 1.807) is 5.38 Å². The lowest BCUT2D eigenvalue weighted by molar-refractivity contribution is 0.0699. The van der Waals surface area contributed by atoms with Crippen molar-refractivity contribution in [2.75, 3.05) is 5.73 Å². The lowest BCUT2D eigenvalue weighted by Gasteiger charge is -2.06. The number of aromatic carboxylic acids is 1. The minimum atomic E-state index is -0.973. The van der Waals surface area contributed by atoms with Crippen molar-refractivity contribution in [1.82, 2.24) is 0 Å². The third-order valence-electron chi connectivity index (χ3n) is 2.71. The Morgan fingerprint density at radius 1 is 1.29 bits per heavy atom. The van der Waals surface area contributed by atoms with Crippen LogP contribution in [-0.2, 0) is 0 Å². The molecule has 0 saturated carbocycles. The van der Waals surface area contributed by atoms with Crippen LogP contribution in [0.1, 0.15) is 21.5 Å². The number of carbonyl (C=O) groups is 1. The summed E-state index contributed by atoms with van der Waals surface area (Å²) in [6.07, 6.45) is 0. The van der Waals surface area contributed by atoms with Crippen LogP contribution in [0.5, 0.6) is 0 Å². The summed E-state index contributed by atoms with van der Waals surface area (Å²) >= 11 is 1.26. The van der Waals surface area contributed by atoms with Gasteiger partial charge in [-0.3, -0.25) is 0 Å². The van der Waals surface area contributed by atoms with E-state index < -0.39 is 5.97 Å². The Morgan fingerprint density at radius 2 is 2.00 bits per heavy atom. The van der Waals surface area contributed by atoms with Gasteiger partial charge < -0.3 is 10.8 Å². The van der Waals surface area contributed by atoms with Gasteiger partial charge in [0.25, 0.3) is 0 Å². The number of benzene rings is 1. The first-order valence-corrected chi connectivity index (χ1v) is 6.06. The average molecular weight is 247 g/mol. The normalized spacial score (nSPS) is 10.5. The molecule has 1 heterocycles. The lowest BCUT2D eigenvalue weighted by atomic mass is 9.98. The van der Waals surface area contributed by atoms with Gasteiger partial charge in [0, 0.05) is 10.9 Å². The molecule has 2 rings (SSSR count). The van der Waals surface area contributed by atoms with E-state index in [-0.39, 0.29) is 5.56 Å². The van der Waals surface area contributed by atoms with E-state index in [0.717, 1.165) is 16.7 Å². The Balaban J connectivity index is 2.65. The molecule has 0 radical (unpaired) electrons. The van der Waals surface area contributed by atoms with Crippen LogP contribution in [0.2, 0.25) is 0 Å². The van der Waals surface area contributed by atoms with Crippen molar-refractivity contribution in [2.24, 2.45) is 0 Å². The summed E-state index contributed by atoms with van der Waals surface area (Å²) in [6, 6.07) is 5.95. The molecule has 0 bridgehead atoms. The van der Waals surface area contributed by atoms with E-state index in [1.165, 1.54) is 11.3 Å². The van der Waals surface area contributed by atoms with Crippen molar-refractivity contribution in [3.05, 3.63) is 40.3 Å². The minimum Gasteiger partial charge on any atom is -0.478 e. The second-order valence-electron chi connectivity index (χ2n) is 4.01. The molecule has 0 aliphatic rings. The van der Waals surface area contributed by atoms with Gasteiger partial charge in [-0.1, -0.05) is 23.8 Å². The van der Waals surface area contributed by atoms with Gasteiger partial charge in [-0.2, -0.15) is 0 Å². The summed E-state index contributed by atoms with van der Waals surface area (Å²) in [5, 5.41) is 11.3. The van der Waals surface area contributed by atoms with Crippen LogP contribution in [0.25, 0.3) is 11.1 Å². The molecule has 17 heavy (non-hydrogen) atoms. The van der Waals surface area contributed by atoms with E-state index in [1.807, 2.05) is 32.0 Å². The van der Waals surface area contributed by atoms with Crippen molar-refractivity contribution in [2.45, 2.75) is 13.8 Å².